The van der Waals surface area contributed by atoms with Crippen molar-refractivity contribution in [2.24, 2.45) is 0 Å². The van der Waals surface area contributed by atoms with E-state index in [0.29, 0.717) is 22.9 Å². The van der Waals surface area contributed by atoms with Crippen LogP contribution in [-0.2, 0) is 13.2 Å². The highest BCUT2D eigenvalue weighted by atomic mass is 35.5. The quantitative estimate of drug-likeness (QED) is 0.659. The molecule has 0 bridgehead atoms. The van der Waals surface area contributed by atoms with Crippen LogP contribution in [0.4, 0.5) is 4.39 Å². The van der Waals surface area contributed by atoms with Crippen molar-refractivity contribution in [2.45, 2.75) is 13.2 Å². The van der Waals surface area contributed by atoms with Crippen LogP contribution in [0.2, 0.25) is 5.02 Å². The Balaban J connectivity index is 1.76. The lowest BCUT2D eigenvalue weighted by Gasteiger charge is -2.17. The van der Waals surface area contributed by atoms with Gasteiger partial charge in [0.15, 0.2) is 0 Å². The molecule has 136 valence electrons. The summed E-state index contributed by atoms with van der Waals surface area (Å²) in [5.74, 6) is -0.107. The van der Waals surface area contributed by atoms with Gasteiger partial charge < -0.3 is 9.15 Å². The Hall–Kier alpha value is -2.64. The van der Waals surface area contributed by atoms with Crippen LogP contribution in [0.1, 0.15) is 5.56 Å². The Bertz CT molecular complexity index is 953. The van der Waals surface area contributed by atoms with E-state index in [1.54, 1.807) is 19.2 Å². The predicted molar refractivity (Wildman–Crippen MR) is 95.6 cm³/mol. The zero-order valence-electron chi connectivity index (χ0n) is 14.3. The van der Waals surface area contributed by atoms with Gasteiger partial charge in [0.1, 0.15) is 18.2 Å². The molecule has 3 aromatic rings. The van der Waals surface area contributed by atoms with Crippen LogP contribution in [0.25, 0.3) is 11.5 Å². The van der Waals surface area contributed by atoms with Crippen molar-refractivity contribution in [3.8, 4) is 17.2 Å². The number of ether oxygens (including phenoxy) is 1. The van der Waals surface area contributed by atoms with Gasteiger partial charge in [0.05, 0.1) is 7.11 Å². The smallest absolute Gasteiger partial charge is 0.438 e. The highest BCUT2D eigenvalue weighted by Gasteiger charge is 2.13. The summed E-state index contributed by atoms with van der Waals surface area (Å²) in [6.07, 6.45) is 0. The minimum Gasteiger partial charge on any atom is -0.496 e. The Morgan fingerprint density at radius 1 is 1.27 bits per heavy atom. The van der Waals surface area contributed by atoms with Crippen molar-refractivity contribution in [1.82, 2.24) is 14.7 Å². The number of halogens is 2. The molecule has 0 saturated carbocycles. The van der Waals surface area contributed by atoms with E-state index in [9.17, 15) is 9.18 Å². The zero-order chi connectivity index (χ0) is 18.7. The normalized spacial score (nSPS) is 11.1. The Morgan fingerprint density at radius 2 is 2.00 bits per heavy atom. The maximum atomic E-state index is 13.0. The van der Waals surface area contributed by atoms with Crippen LogP contribution < -0.4 is 10.5 Å². The summed E-state index contributed by atoms with van der Waals surface area (Å²) in [5.41, 5.74) is 1.42. The molecule has 0 aliphatic rings. The molecule has 26 heavy (non-hydrogen) atoms. The molecule has 2 aromatic carbocycles. The lowest BCUT2D eigenvalue weighted by Crippen LogP contribution is -2.28. The minimum atomic E-state index is -0.589. The molecule has 1 heterocycles. The van der Waals surface area contributed by atoms with E-state index < -0.39 is 5.76 Å². The molecule has 1 aromatic heterocycles. The van der Waals surface area contributed by atoms with Crippen LogP contribution >= 0.6 is 11.6 Å². The maximum Gasteiger partial charge on any atom is 0.438 e. The lowest BCUT2D eigenvalue weighted by atomic mass is 10.2. The molecule has 0 saturated heterocycles. The van der Waals surface area contributed by atoms with Crippen LogP contribution in [0.3, 0.4) is 0 Å². The van der Waals surface area contributed by atoms with Gasteiger partial charge in [-0.2, -0.15) is 4.68 Å². The summed E-state index contributed by atoms with van der Waals surface area (Å²) in [7, 11) is 3.42. The van der Waals surface area contributed by atoms with Gasteiger partial charge in [0.2, 0.25) is 5.89 Å². The van der Waals surface area contributed by atoms with Crippen molar-refractivity contribution in [1.29, 1.82) is 0 Å². The van der Waals surface area contributed by atoms with Crippen molar-refractivity contribution >= 4 is 11.6 Å². The molecule has 0 atom stereocenters. The molecule has 0 spiro atoms. The van der Waals surface area contributed by atoms with Crippen LogP contribution in [0, 0.1) is 5.82 Å². The Morgan fingerprint density at radius 3 is 2.69 bits per heavy atom. The standard InChI is InChI=1S/C18H17ClFN3O3/c1-22(10-13-9-14(19)5-8-16(13)25-2)11-23-18(24)26-17(21-23)12-3-6-15(20)7-4-12/h3-9H,10-11H2,1-2H3. The summed E-state index contributed by atoms with van der Waals surface area (Å²) in [6.45, 7) is 0.702. The molecule has 0 aliphatic heterocycles. The number of hydrogen-bond acceptors (Lipinski definition) is 5. The summed E-state index contributed by atoms with van der Waals surface area (Å²) < 4.78 is 24.7. The first-order valence-corrected chi connectivity index (χ1v) is 8.19. The SMILES string of the molecule is COc1ccc(Cl)cc1CN(C)Cn1nc(-c2ccc(F)cc2)oc1=O. The van der Waals surface area contributed by atoms with Crippen molar-refractivity contribution in [3.05, 3.63) is 69.4 Å². The molecule has 0 aliphatic carbocycles. The van der Waals surface area contributed by atoms with Crippen LogP contribution in [0.5, 0.6) is 5.75 Å². The summed E-state index contributed by atoms with van der Waals surface area (Å²) in [4.78, 5) is 13.9. The van der Waals surface area contributed by atoms with E-state index in [1.807, 2.05) is 18.0 Å². The fourth-order valence-corrected chi connectivity index (χ4v) is 2.74. The fourth-order valence-electron chi connectivity index (χ4n) is 2.54. The van der Waals surface area contributed by atoms with E-state index in [1.165, 1.54) is 28.9 Å². The molecule has 0 fully saturated rings. The summed E-state index contributed by atoms with van der Waals surface area (Å²) in [6, 6.07) is 10.9. The van der Waals surface area contributed by atoms with E-state index in [2.05, 4.69) is 5.10 Å². The lowest BCUT2D eigenvalue weighted by molar-refractivity contribution is 0.233. The molecule has 0 unspecified atom stereocenters. The average Bonchev–Trinajstić information content (AvgIpc) is 2.96. The molecule has 3 rings (SSSR count). The summed E-state index contributed by atoms with van der Waals surface area (Å²) >= 11 is 6.04. The van der Waals surface area contributed by atoms with Gasteiger partial charge in [-0.15, -0.1) is 5.10 Å². The summed E-state index contributed by atoms with van der Waals surface area (Å²) in [5, 5.41) is 4.77. The second kappa shape index (κ2) is 7.72. The first-order chi connectivity index (χ1) is 12.5. The zero-order valence-corrected chi connectivity index (χ0v) is 15.0. The monoisotopic (exact) mass is 377 g/mol. The van der Waals surface area contributed by atoms with Gasteiger partial charge in [-0.05, 0) is 49.5 Å². The largest absolute Gasteiger partial charge is 0.496 e. The van der Waals surface area contributed by atoms with Gasteiger partial charge in [-0.25, -0.2) is 9.18 Å². The van der Waals surface area contributed by atoms with Gasteiger partial charge in [0, 0.05) is 22.7 Å². The molecule has 0 N–H and O–H groups in total. The Labute approximate surface area is 154 Å². The van der Waals surface area contributed by atoms with Gasteiger partial charge in [0.25, 0.3) is 0 Å². The second-order valence-corrected chi connectivity index (χ2v) is 6.23. The molecule has 0 amide bonds. The second-order valence-electron chi connectivity index (χ2n) is 5.79. The van der Waals surface area contributed by atoms with Crippen molar-refractivity contribution < 1.29 is 13.5 Å². The van der Waals surface area contributed by atoms with Crippen LogP contribution in [0.15, 0.2) is 51.7 Å². The number of methoxy groups -OCH3 is 1. The van der Waals surface area contributed by atoms with Gasteiger partial charge >= 0.3 is 5.76 Å². The van der Waals surface area contributed by atoms with Gasteiger partial charge in [-0.1, -0.05) is 11.6 Å². The first kappa shape index (κ1) is 18.2. The molecular weight excluding hydrogens is 361 g/mol. The minimum absolute atomic E-state index is 0.142. The number of aromatic nitrogens is 2. The highest BCUT2D eigenvalue weighted by Crippen LogP contribution is 2.24. The molecule has 6 nitrogen and oxygen atoms in total. The third kappa shape index (κ3) is 4.12. The van der Waals surface area contributed by atoms with E-state index in [-0.39, 0.29) is 18.4 Å². The number of rotatable bonds is 6. The number of nitrogens with zero attached hydrogens (tertiary/aromatic N) is 3. The number of benzene rings is 2. The predicted octanol–water partition coefficient (Wildman–Crippen LogP) is 3.39. The van der Waals surface area contributed by atoms with E-state index in [4.69, 9.17) is 20.8 Å². The maximum absolute atomic E-state index is 13.0. The Kier molecular flexibility index (Phi) is 5.39. The number of hydrogen-bond donors (Lipinski definition) is 0. The average molecular weight is 378 g/mol. The first-order valence-electron chi connectivity index (χ1n) is 7.81. The van der Waals surface area contributed by atoms with Crippen molar-refractivity contribution in [2.75, 3.05) is 14.2 Å². The van der Waals surface area contributed by atoms with E-state index >= 15 is 0 Å². The van der Waals surface area contributed by atoms with Crippen molar-refractivity contribution in [3.63, 3.8) is 0 Å². The molecule has 8 heteroatoms. The molecule has 0 radical (unpaired) electrons. The third-order valence-electron chi connectivity index (χ3n) is 3.76. The van der Waals surface area contributed by atoms with Crippen LogP contribution in [-0.4, -0.2) is 28.8 Å². The topological polar surface area (TPSA) is 60.5 Å². The molecular formula is C18H17ClFN3O3. The third-order valence-corrected chi connectivity index (χ3v) is 3.99. The fraction of sp³-hybridized carbons (Fsp3) is 0.222. The van der Waals surface area contributed by atoms with Gasteiger partial charge in [-0.3, -0.25) is 4.90 Å². The van der Waals surface area contributed by atoms with E-state index in [0.717, 1.165) is 5.56 Å². The highest BCUT2D eigenvalue weighted by molar-refractivity contribution is 6.30.